The van der Waals surface area contributed by atoms with Crippen molar-refractivity contribution in [1.29, 1.82) is 5.26 Å². The number of amides is 1. The molecule has 3 atom stereocenters. The number of allylic oxidation sites excluding steroid dienone is 2. The second kappa shape index (κ2) is 11.0. The third kappa shape index (κ3) is 6.16. The van der Waals surface area contributed by atoms with Crippen LogP contribution in [-0.4, -0.2) is 26.1 Å². The van der Waals surface area contributed by atoms with Crippen molar-refractivity contribution < 1.29 is 13.2 Å². The second-order valence-electron chi connectivity index (χ2n) is 9.04. The van der Waals surface area contributed by atoms with E-state index >= 15 is 0 Å². The van der Waals surface area contributed by atoms with Gasteiger partial charge >= 0.3 is 0 Å². The molecule has 35 heavy (non-hydrogen) atoms. The molecule has 1 aliphatic rings. The van der Waals surface area contributed by atoms with Crippen molar-refractivity contribution in [2.45, 2.75) is 43.5 Å². The lowest BCUT2D eigenvalue weighted by atomic mass is 9.72. The molecule has 1 amide bonds. The number of nitriles is 1. The maximum Gasteiger partial charge on any atom is 0.225 e. The predicted molar refractivity (Wildman–Crippen MR) is 140 cm³/mol. The minimum atomic E-state index is -3.33. The van der Waals surface area contributed by atoms with Crippen LogP contribution in [0.3, 0.4) is 0 Å². The summed E-state index contributed by atoms with van der Waals surface area (Å²) >= 11 is 13.6. The first-order valence-corrected chi connectivity index (χ1v) is 14.0. The number of hydrogen-bond donors (Lipinski definition) is 1. The lowest BCUT2D eigenvalue weighted by Crippen LogP contribution is -2.55. The summed E-state index contributed by atoms with van der Waals surface area (Å²) in [5, 5.41) is 13.9. The van der Waals surface area contributed by atoms with Crippen LogP contribution in [-0.2, 0) is 21.1 Å². The summed E-state index contributed by atoms with van der Waals surface area (Å²) in [7, 11) is -3.33. The monoisotopic (exact) mass is 530 g/mol. The van der Waals surface area contributed by atoms with Gasteiger partial charge in [-0.25, -0.2) is 8.42 Å². The molecule has 2 aromatic carbocycles. The normalized spacial score (nSPS) is 21.1. The molecule has 0 heterocycles. The average molecular weight is 532 g/mol. The molecule has 3 unspecified atom stereocenters. The Labute approximate surface area is 217 Å². The van der Waals surface area contributed by atoms with Gasteiger partial charge in [0.05, 0.1) is 22.9 Å². The van der Waals surface area contributed by atoms with Gasteiger partial charge in [0.1, 0.15) is 5.92 Å². The van der Waals surface area contributed by atoms with Crippen LogP contribution in [0, 0.1) is 23.2 Å². The highest BCUT2D eigenvalue weighted by Crippen LogP contribution is 2.46. The van der Waals surface area contributed by atoms with Crippen LogP contribution in [0.15, 0.2) is 75.6 Å². The fourth-order valence-corrected chi connectivity index (χ4v) is 5.86. The zero-order valence-corrected chi connectivity index (χ0v) is 22.2. The second-order valence-corrected chi connectivity index (χ2v) is 11.9. The van der Waals surface area contributed by atoms with Crippen molar-refractivity contribution in [3.8, 4) is 6.07 Å². The fourth-order valence-electron chi connectivity index (χ4n) is 4.32. The zero-order valence-electron chi connectivity index (χ0n) is 19.9. The summed E-state index contributed by atoms with van der Waals surface area (Å²) in [5.74, 6) is -0.954. The van der Waals surface area contributed by atoms with Gasteiger partial charge in [-0.1, -0.05) is 85.9 Å². The van der Waals surface area contributed by atoms with E-state index in [2.05, 4.69) is 18.3 Å². The van der Waals surface area contributed by atoms with Crippen LogP contribution >= 0.6 is 23.2 Å². The highest BCUT2D eigenvalue weighted by molar-refractivity contribution is 7.90. The van der Waals surface area contributed by atoms with E-state index in [1.165, 1.54) is 12.1 Å². The smallest absolute Gasteiger partial charge is 0.225 e. The third-order valence-corrected chi connectivity index (χ3v) is 8.13. The molecule has 0 bridgehead atoms. The summed E-state index contributed by atoms with van der Waals surface area (Å²) in [6.45, 7) is 4.10. The van der Waals surface area contributed by atoms with Crippen molar-refractivity contribution in [2.24, 2.45) is 11.8 Å². The number of carbonyl (C=O) groups excluding carboxylic acids is 1. The van der Waals surface area contributed by atoms with Gasteiger partial charge in [0, 0.05) is 21.9 Å². The van der Waals surface area contributed by atoms with Gasteiger partial charge in [0.15, 0.2) is 9.84 Å². The van der Waals surface area contributed by atoms with Crippen LogP contribution in [0.5, 0.6) is 0 Å². The van der Waals surface area contributed by atoms with Crippen molar-refractivity contribution >= 4 is 44.5 Å². The maximum absolute atomic E-state index is 13.2. The number of sulfone groups is 1. The highest BCUT2D eigenvalue weighted by Gasteiger charge is 2.45. The van der Waals surface area contributed by atoms with Gasteiger partial charge in [-0.15, -0.1) is 0 Å². The van der Waals surface area contributed by atoms with Crippen LogP contribution < -0.4 is 5.32 Å². The van der Waals surface area contributed by atoms with E-state index in [4.69, 9.17) is 23.2 Å². The van der Waals surface area contributed by atoms with E-state index in [9.17, 15) is 18.5 Å². The molecule has 0 saturated heterocycles. The molecule has 1 aliphatic carbocycles. The summed E-state index contributed by atoms with van der Waals surface area (Å²) in [6, 6.07) is 17.9. The van der Waals surface area contributed by atoms with Crippen molar-refractivity contribution in [3.63, 3.8) is 0 Å². The van der Waals surface area contributed by atoms with E-state index in [1.807, 2.05) is 37.3 Å². The Bertz CT molecular complexity index is 1300. The molecule has 3 rings (SSSR count). The zero-order chi connectivity index (χ0) is 25.8. The lowest BCUT2D eigenvalue weighted by molar-refractivity contribution is -0.122. The third-order valence-electron chi connectivity index (χ3n) is 6.29. The van der Waals surface area contributed by atoms with Crippen molar-refractivity contribution in [2.75, 3.05) is 6.26 Å². The maximum atomic E-state index is 13.2. The Morgan fingerprint density at radius 1 is 1.14 bits per heavy atom. The quantitative estimate of drug-likeness (QED) is 0.463. The van der Waals surface area contributed by atoms with Gasteiger partial charge < -0.3 is 5.32 Å². The molecule has 184 valence electrons. The summed E-state index contributed by atoms with van der Waals surface area (Å²) in [6.07, 6.45) is 4.24. The number of rotatable bonds is 8. The number of halogens is 2. The lowest BCUT2D eigenvalue weighted by Gasteiger charge is -2.41. The minimum absolute atomic E-state index is 0.0166. The van der Waals surface area contributed by atoms with Gasteiger partial charge in [-0.3, -0.25) is 4.79 Å². The summed E-state index contributed by atoms with van der Waals surface area (Å²) in [4.78, 5) is 13.4. The molecule has 0 spiro atoms. The fraction of sp³-hybridized carbons (Fsp3) is 0.333. The van der Waals surface area contributed by atoms with Gasteiger partial charge in [0.25, 0.3) is 0 Å². The van der Waals surface area contributed by atoms with Gasteiger partial charge in [-0.05, 0) is 41.7 Å². The Kier molecular flexibility index (Phi) is 8.48. The first-order chi connectivity index (χ1) is 16.5. The van der Waals surface area contributed by atoms with Crippen LogP contribution in [0.4, 0.5) is 0 Å². The SMILES string of the molecule is CCC(C)CC1(NC(=O)Cc2ccc(S(C)(=O)=O)cc2)C=C(Cl)C(c2ccccc2)=C(Cl)C1C#N. The molecule has 8 heteroatoms. The Morgan fingerprint density at radius 2 is 1.77 bits per heavy atom. The van der Waals surface area contributed by atoms with Crippen molar-refractivity contribution in [3.05, 3.63) is 81.9 Å². The predicted octanol–water partition coefficient (Wildman–Crippen LogP) is 5.85. The molecule has 5 nitrogen and oxygen atoms in total. The highest BCUT2D eigenvalue weighted by atomic mass is 35.5. The molecule has 0 aromatic heterocycles. The molecule has 0 aliphatic heterocycles. The van der Waals surface area contributed by atoms with E-state index in [-0.39, 0.29) is 23.1 Å². The van der Waals surface area contributed by atoms with E-state index in [1.54, 1.807) is 18.2 Å². The molecule has 2 aromatic rings. The van der Waals surface area contributed by atoms with Crippen LogP contribution in [0.1, 0.15) is 37.8 Å². The number of nitrogens with one attached hydrogen (secondary N) is 1. The topological polar surface area (TPSA) is 87.0 Å². The number of hydrogen-bond acceptors (Lipinski definition) is 4. The molecular weight excluding hydrogens is 503 g/mol. The number of nitrogens with zero attached hydrogens (tertiary/aromatic N) is 1. The summed E-state index contributed by atoms with van der Waals surface area (Å²) < 4.78 is 23.4. The molecule has 1 N–H and O–H groups in total. The first kappa shape index (κ1) is 27.0. The molecular formula is C27H28Cl2N2O3S. The summed E-state index contributed by atoms with van der Waals surface area (Å²) in [5.41, 5.74) is 0.958. The van der Waals surface area contributed by atoms with Crippen LogP contribution in [0.2, 0.25) is 0 Å². The Morgan fingerprint density at radius 3 is 2.31 bits per heavy atom. The Hall–Kier alpha value is -2.59. The van der Waals surface area contributed by atoms with Gasteiger partial charge in [-0.2, -0.15) is 5.26 Å². The largest absolute Gasteiger partial charge is 0.345 e. The van der Waals surface area contributed by atoms with Crippen LogP contribution in [0.25, 0.3) is 5.57 Å². The van der Waals surface area contributed by atoms with Crippen molar-refractivity contribution in [1.82, 2.24) is 5.32 Å². The number of benzene rings is 2. The van der Waals surface area contributed by atoms with Gasteiger partial charge in [0.2, 0.25) is 5.91 Å². The standard InChI is InChI=1S/C27H28Cl2N2O3S/c1-4-18(2)15-27(31-24(32)14-19-10-12-21(13-11-19)35(3,33)34)16-23(28)25(26(29)22(27)17-30)20-8-6-5-7-9-20/h5-13,16,18,22H,4,14-15H2,1-3H3,(H,31,32). The van der Waals surface area contributed by atoms with E-state index in [0.29, 0.717) is 27.6 Å². The minimum Gasteiger partial charge on any atom is -0.345 e. The molecule has 0 saturated carbocycles. The first-order valence-electron chi connectivity index (χ1n) is 11.3. The van der Waals surface area contributed by atoms with E-state index in [0.717, 1.165) is 18.2 Å². The van der Waals surface area contributed by atoms with E-state index < -0.39 is 21.3 Å². The molecule has 0 fully saturated rings. The Balaban J connectivity index is 1.96. The number of carbonyl (C=O) groups is 1. The average Bonchev–Trinajstić information content (AvgIpc) is 2.79. The molecule has 0 radical (unpaired) electrons.